The van der Waals surface area contributed by atoms with Crippen molar-refractivity contribution in [1.82, 2.24) is 10.2 Å². The molecule has 5 nitrogen and oxygen atoms in total. The number of thioether (sulfide) groups is 1. The number of carbonyl (C=O) groups excluding carboxylic acids is 1. The molecule has 26 heavy (non-hydrogen) atoms. The number of rotatable bonds is 5. The van der Waals surface area contributed by atoms with E-state index in [4.69, 9.17) is 16.0 Å². The van der Waals surface area contributed by atoms with Crippen LogP contribution >= 0.6 is 23.4 Å². The minimum atomic E-state index is -0.540. The highest BCUT2D eigenvalue weighted by Gasteiger charge is 2.19. The standard InChI is InChI=1S/C18H15ClFN3O2S/c1-10-5-3-4-6-13(10)17-22-23-18(25-17)26-11(2)16(24)21-12-7-8-15(20)14(19)9-12/h3-9,11H,1-2H3,(H,21,24)/t11-/m1/s1. The predicted molar refractivity (Wildman–Crippen MR) is 99.8 cm³/mol. The number of nitrogens with zero attached hydrogens (tertiary/aromatic N) is 2. The number of nitrogens with one attached hydrogen (secondary N) is 1. The fourth-order valence-corrected chi connectivity index (χ4v) is 3.07. The molecule has 2 aromatic carbocycles. The Balaban J connectivity index is 1.66. The summed E-state index contributed by atoms with van der Waals surface area (Å²) in [5.41, 5.74) is 2.29. The molecule has 0 unspecified atom stereocenters. The summed E-state index contributed by atoms with van der Waals surface area (Å²) in [4.78, 5) is 12.3. The molecule has 134 valence electrons. The topological polar surface area (TPSA) is 68.0 Å². The molecule has 0 radical (unpaired) electrons. The monoisotopic (exact) mass is 391 g/mol. The average Bonchev–Trinajstić information content (AvgIpc) is 3.06. The average molecular weight is 392 g/mol. The van der Waals surface area contributed by atoms with Crippen LogP contribution in [0.1, 0.15) is 12.5 Å². The molecule has 0 bridgehead atoms. The van der Waals surface area contributed by atoms with Crippen LogP contribution in [0.15, 0.2) is 52.1 Å². The lowest BCUT2D eigenvalue weighted by molar-refractivity contribution is -0.115. The zero-order chi connectivity index (χ0) is 18.7. The van der Waals surface area contributed by atoms with Gasteiger partial charge >= 0.3 is 0 Å². The van der Waals surface area contributed by atoms with E-state index in [-0.39, 0.29) is 10.9 Å². The second-order valence-electron chi connectivity index (χ2n) is 5.57. The SMILES string of the molecule is Cc1ccccc1-c1nnc(S[C@H](C)C(=O)Nc2ccc(F)c(Cl)c2)o1. The molecule has 0 saturated heterocycles. The van der Waals surface area contributed by atoms with Crippen molar-refractivity contribution >= 4 is 35.0 Å². The van der Waals surface area contributed by atoms with Crippen molar-refractivity contribution in [2.45, 2.75) is 24.3 Å². The van der Waals surface area contributed by atoms with Crippen molar-refractivity contribution in [3.05, 3.63) is 58.9 Å². The number of amides is 1. The van der Waals surface area contributed by atoms with Crippen LogP contribution in [-0.4, -0.2) is 21.4 Å². The second kappa shape index (κ2) is 7.88. The summed E-state index contributed by atoms with van der Waals surface area (Å²) in [7, 11) is 0. The molecule has 0 fully saturated rings. The van der Waals surface area contributed by atoms with Crippen LogP contribution in [0.3, 0.4) is 0 Å². The Labute approximate surface area is 159 Å². The molecule has 3 aromatic rings. The molecule has 1 heterocycles. The highest BCUT2D eigenvalue weighted by molar-refractivity contribution is 8.00. The van der Waals surface area contributed by atoms with E-state index in [2.05, 4.69) is 15.5 Å². The van der Waals surface area contributed by atoms with Gasteiger partial charge in [-0.15, -0.1) is 10.2 Å². The number of halogens is 2. The third kappa shape index (κ3) is 4.23. The van der Waals surface area contributed by atoms with Gasteiger partial charge in [-0.1, -0.05) is 41.6 Å². The Morgan fingerprint density at radius 3 is 2.77 bits per heavy atom. The van der Waals surface area contributed by atoms with Crippen LogP contribution in [0.5, 0.6) is 0 Å². The Bertz CT molecular complexity index is 948. The highest BCUT2D eigenvalue weighted by atomic mass is 35.5. The molecule has 1 atom stereocenters. The van der Waals surface area contributed by atoms with Gasteiger partial charge in [0.1, 0.15) is 5.82 Å². The van der Waals surface area contributed by atoms with Crippen LogP contribution in [0.2, 0.25) is 5.02 Å². The van der Waals surface area contributed by atoms with E-state index in [9.17, 15) is 9.18 Å². The van der Waals surface area contributed by atoms with Crippen LogP contribution in [-0.2, 0) is 4.79 Å². The molecule has 1 amide bonds. The number of hydrogen-bond acceptors (Lipinski definition) is 5. The van der Waals surface area contributed by atoms with Gasteiger partial charge in [-0.05, 0) is 43.7 Å². The van der Waals surface area contributed by atoms with Gasteiger partial charge in [-0.3, -0.25) is 4.79 Å². The van der Waals surface area contributed by atoms with E-state index in [1.807, 2.05) is 31.2 Å². The van der Waals surface area contributed by atoms with Crippen LogP contribution in [0.25, 0.3) is 11.5 Å². The van der Waals surface area contributed by atoms with E-state index in [1.165, 1.54) is 18.2 Å². The first-order chi connectivity index (χ1) is 12.4. The zero-order valence-electron chi connectivity index (χ0n) is 14.0. The fraction of sp³-hybridized carbons (Fsp3) is 0.167. The maximum atomic E-state index is 13.2. The number of aryl methyl sites for hydroxylation is 1. The minimum Gasteiger partial charge on any atom is -0.411 e. The largest absolute Gasteiger partial charge is 0.411 e. The van der Waals surface area contributed by atoms with Crippen molar-refractivity contribution < 1.29 is 13.6 Å². The van der Waals surface area contributed by atoms with E-state index < -0.39 is 11.1 Å². The van der Waals surface area contributed by atoms with Gasteiger partial charge in [0, 0.05) is 11.3 Å². The minimum absolute atomic E-state index is 0.0529. The Morgan fingerprint density at radius 1 is 1.27 bits per heavy atom. The van der Waals surface area contributed by atoms with Crippen molar-refractivity contribution in [1.29, 1.82) is 0 Å². The summed E-state index contributed by atoms with van der Waals surface area (Å²) in [6.45, 7) is 3.67. The maximum Gasteiger partial charge on any atom is 0.277 e. The van der Waals surface area contributed by atoms with Crippen molar-refractivity contribution in [3.63, 3.8) is 0 Å². The van der Waals surface area contributed by atoms with E-state index in [0.29, 0.717) is 16.8 Å². The Hall–Kier alpha value is -2.38. The van der Waals surface area contributed by atoms with Crippen LogP contribution < -0.4 is 5.32 Å². The van der Waals surface area contributed by atoms with Gasteiger partial charge in [0.2, 0.25) is 11.8 Å². The lowest BCUT2D eigenvalue weighted by atomic mass is 10.1. The number of carbonyl (C=O) groups is 1. The molecule has 0 aliphatic heterocycles. The van der Waals surface area contributed by atoms with Gasteiger partial charge < -0.3 is 9.73 Å². The zero-order valence-corrected chi connectivity index (χ0v) is 15.6. The summed E-state index contributed by atoms with van der Waals surface area (Å²) in [6.07, 6.45) is 0. The number of anilines is 1. The summed E-state index contributed by atoms with van der Waals surface area (Å²) in [6, 6.07) is 11.7. The number of aromatic nitrogens is 2. The van der Waals surface area contributed by atoms with E-state index >= 15 is 0 Å². The first kappa shape index (κ1) is 18.4. The van der Waals surface area contributed by atoms with Crippen molar-refractivity contribution in [2.24, 2.45) is 0 Å². The molecule has 0 saturated carbocycles. The van der Waals surface area contributed by atoms with Gasteiger partial charge in [-0.25, -0.2) is 4.39 Å². The Kier molecular flexibility index (Phi) is 5.58. The fourth-order valence-electron chi connectivity index (χ4n) is 2.20. The van der Waals surface area contributed by atoms with Gasteiger partial charge in [0.05, 0.1) is 10.3 Å². The Morgan fingerprint density at radius 2 is 2.04 bits per heavy atom. The number of hydrogen-bond donors (Lipinski definition) is 1. The van der Waals surface area contributed by atoms with Crippen LogP contribution in [0.4, 0.5) is 10.1 Å². The lowest BCUT2D eigenvalue weighted by Crippen LogP contribution is -2.22. The van der Waals surface area contributed by atoms with Crippen molar-refractivity contribution in [2.75, 3.05) is 5.32 Å². The molecule has 1 aromatic heterocycles. The highest BCUT2D eigenvalue weighted by Crippen LogP contribution is 2.28. The third-order valence-electron chi connectivity index (χ3n) is 3.62. The smallest absolute Gasteiger partial charge is 0.277 e. The number of benzene rings is 2. The molecular weight excluding hydrogens is 377 g/mol. The quantitative estimate of drug-likeness (QED) is 0.623. The summed E-state index contributed by atoms with van der Waals surface area (Å²) in [5, 5.41) is 10.4. The van der Waals surface area contributed by atoms with Crippen LogP contribution in [0, 0.1) is 12.7 Å². The second-order valence-corrected chi connectivity index (χ2v) is 7.27. The van der Waals surface area contributed by atoms with E-state index in [1.54, 1.807) is 6.92 Å². The molecule has 1 N–H and O–H groups in total. The summed E-state index contributed by atoms with van der Waals surface area (Å²) >= 11 is 6.86. The maximum absolute atomic E-state index is 13.2. The third-order valence-corrected chi connectivity index (χ3v) is 4.84. The lowest BCUT2D eigenvalue weighted by Gasteiger charge is -2.10. The van der Waals surface area contributed by atoms with Crippen molar-refractivity contribution in [3.8, 4) is 11.5 Å². The molecular formula is C18H15ClFN3O2S. The normalized spacial score (nSPS) is 12.0. The summed E-state index contributed by atoms with van der Waals surface area (Å²) < 4.78 is 18.8. The molecule has 0 aliphatic rings. The van der Waals surface area contributed by atoms with E-state index in [0.717, 1.165) is 22.9 Å². The molecule has 0 aliphatic carbocycles. The molecule has 0 spiro atoms. The van der Waals surface area contributed by atoms with Gasteiger partial charge in [0.25, 0.3) is 5.22 Å². The predicted octanol–water partition coefficient (Wildman–Crippen LogP) is 4.96. The molecule has 3 rings (SSSR count). The van der Waals surface area contributed by atoms with Gasteiger partial charge in [0.15, 0.2) is 0 Å². The first-order valence-electron chi connectivity index (χ1n) is 7.76. The first-order valence-corrected chi connectivity index (χ1v) is 9.02. The summed E-state index contributed by atoms with van der Waals surface area (Å²) in [5.74, 6) is -0.418. The van der Waals surface area contributed by atoms with Gasteiger partial charge in [-0.2, -0.15) is 0 Å². The molecule has 8 heteroatoms.